The molecule has 1 atom stereocenters. The molecule has 176 valence electrons. The molecule has 1 amide bonds. The SMILES string of the molecule is CSCC[C@@H](NS(=O)(=O)c1ccccc1F)C(=O)OCC(=O)c1ccc2c(c1)NC(=O)CO2. The van der Waals surface area contributed by atoms with Crippen molar-refractivity contribution in [2.24, 2.45) is 0 Å². The molecule has 2 N–H and O–H groups in total. The van der Waals surface area contributed by atoms with Crippen molar-refractivity contribution >= 4 is 45.1 Å². The zero-order chi connectivity index (χ0) is 24.0. The number of Topliss-reactive ketones (excluding diaryl/α,β-unsaturated/α-hetero) is 1. The number of rotatable bonds is 10. The predicted octanol–water partition coefficient (Wildman–Crippen LogP) is 1.98. The summed E-state index contributed by atoms with van der Waals surface area (Å²) >= 11 is 1.38. The van der Waals surface area contributed by atoms with Crippen molar-refractivity contribution in [3.63, 3.8) is 0 Å². The first-order valence-corrected chi connectivity index (χ1v) is 12.6. The summed E-state index contributed by atoms with van der Waals surface area (Å²) in [4.78, 5) is 35.9. The van der Waals surface area contributed by atoms with Crippen LogP contribution in [0.25, 0.3) is 0 Å². The molecule has 9 nitrogen and oxygen atoms in total. The van der Waals surface area contributed by atoms with E-state index in [1.165, 1.54) is 42.1 Å². The van der Waals surface area contributed by atoms with Gasteiger partial charge in [0.25, 0.3) is 5.91 Å². The maximum Gasteiger partial charge on any atom is 0.324 e. The molecule has 1 aliphatic rings. The lowest BCUT2D eigenvalue weighted by molar-refractivity contribution is -0.144. The number of carbonyl (C=O) groups is 3. The van der Waals surface area contributed by atoms with Gasteiger partial charge in [0.15, 0.2) is 19.0 Å². The van der Waals surface area contributed by atoms with Gasteiger partial charge in [-0.1, -0.05) is 12.1 Å². The Balaban J connectivity index is 1.68. The summed E-state index contributed by atoms with van der Waals surface area (Å²) in [5.74, 6) is -2.03. The minimum absolute atomic E-state index is 0.0735. The monoisotopic (exact) mass is 496 g/mol. The summed E-state index contributed by atoms with van der Waals surface area (Å²) in [5.41, 5.74) is 0.485. The van der Waals surface area contributed by atoms with Crippen LogP contribution in [-0.4, -0.2) is 57.3 Å². The van der Waals surface area contributed by atoms with Crippen molar-refractivity contribution in [3.8, 4) is 5.75 Å². The smallest absolute Gasteiger partial charge is 0.324 e. The van der Waals surface area contributed by atoms with Crippen molar-refractivity contribution in [2.75, 3.05) is 30.5 Å². The molecule has 0 saturated carbocycles. The second kappa shape index (κ2) is 10.8. The van der Waals surface area contributed by atoms with Gasteiger partial charge in [0, 0.05) is 5.56 Å². The first kappa shape index (κ1) is 24.7. The van der Waals surface area contributed by atoms with Gasteiger partial charge in [-0.3, -0.25) is 14.4 Å². The van der Waals surface area contributed by atoms with E-state index in [9.17, 15) is 27.2 Å². The number of hydrogen-bond acceptors (Lipinski definition) is 8. The Hall–Kier alpha value is -2.96. The van der Waals surface area contributed by atoms with Crippen molar-refractivity contribution in [2.45, 2.75) is 17.4 Å². The molecule has 1 aliphatic heterocycles. The number of halogens is 1. The number of hydrogen-bond donors (Lipinski definition) is 2. The van der Waals surface area contributed by atoms with Crippen molar-refractivity contribution in [1.82, 2.24) is 4.72 Å². The summed E-state index contributed by atoms with van der Waals surface area (Å²) < 4.78 is 51.6. The summed E-state index contributed by atoms with van der Waals surface area (Å²) in [6.07, 6.45) is 1.85. The highest BCUT2D eigenvalue weighted by Gasteiger charge is 2.29. The highest BCUT2D eigenvalue weighted by Crippen LogP contribution is 2.28. The van der Waals surface area contributed by atoms with E-state index in [-0.39, 0.29) is 24.5 Å². The van der Waals surface area contributed by atoms with Crippen LogP contribution >= 0.6 is 11.8 Å². The van der Waals surface area contributed by atoms with Crippen LogP contribution in [0.4, 0.5) is 10.1 Å². The molecule has 0 fully saturated rings. The quantitative estimate of drug-likeness (QED) is 0.378. The van der Waals surface area contributed by atoms with E-state index in [2.05, 4.69) is 10.0 Å². The normalized spacial score (nSPS) is 13.9. The standard InChI is InChI=1S/C21H21FN2O7S2/c1-32-9-8-15(24-33(28,29)19-5-3-2-4-14(19)22)21(27)31-11-17(25)13-6-7-18-16(10-13)23-20(26)12-30-18/h2-7,10,15,24H,8-9,11-12H2,1H3,(H,23,26)/t15-/m1/s1. The van der Waals surface area contributed by atoms with Gasteiger partial charge in [0.05, 0.1) is 5.69 Å². The van der Waals surface area contributed by atoms with Crippen LogP contribution in [0.1, 0.15) is 16.8 Å². The van der Waals surface area contributed by atoms with Gasteiger partial charge in [-0.15, -0.1) is 0 Å². The number of benzene rings is 2. The average Bonchev–Trinajstić information content (AvgIpc) is 2.79. The van der Waals surface area contributed by atoms with Gasteiger partial charge >= 0.3 is 5.97 Å². The Morgan fingerprint density at radius 3 is 2.76 bits per heavy atom. The second-order valence-electron chi connectivity index (χ2n) is 6.96. The molecular weight excluding hydrogens is 475 g/mol. The van der Waals surface area contributed by atoms with Crippen molar-refractivity contribution < 1.29 is 36.7 Å². The lowest BCUT2D eigenvalue weighted by Gasteiger charge is -2.19. The number of nitrogens with one attached hydrogen (secondary N) is 2. The minimum Gasteiger partial charge on any atom is -0.482 e. The molecule has 2 aromatic carbocycles. The van der Waals surface area contributed by atoms with Crippen LogP contribution in [-0.2, 0) is 24.3 Å². The lowest BCUT2D eigenvalue weighted by atomic mass is 10.1. The molecule has 0 spiro atoms. The van der Waals surface area contributed by atoms with Gasteiger partial charge in [0.2, 0.25) is 10.0 Å². The number of ether oxygens (including phenoxy) is 2. The number of sulfonamides is 1. The van der Waals surface area contributed by atoms with E-state index in [0.717, 1.165) is 12.1 Å². The molecule has 2 aromatic rings. The van der Waals surface area contributed by atoms with Crippen LogP contribution in [0, 0.1) is 5.82 Å². The molecule has 1 heterocycles. The maximum absolute atomic E-state index is 14.0. The van der Waals surface area contributed by atoms with Crippen LogP contribution < -0.4 is 14.8 Å². The Morgan fingerprint density at radius 2 is 2.03 bits per heavy atom. The summed E-state index contributed by atoms with van der Waals surface area (Å²) in [6, 6.07) is 7.83. The second-order valence-corrected chi connectivity index (χ2v) is 9.63. The van der Waals surface area contributed by atoms with E-state index in [0.29, 0.717) is 17.2 Å². The fourth-order valence-electron chi connectivity index (χ4n) is 2.95. The highest BCUT2D eigenvalue weighted by molar-refractivity contribution is 7.98. The lowest BCUT2D eigenvalue weighted by Crippen LogP contribution is -2.43. The predicted molar refractivity (Wildman–Crippen MR) is 119 cm³/mol. The molecule has 3 rings (SSSR count). The number of anilines is 1. The third kappa shape index (κ3) is 6.30. The van der Waals surface area contributed by atoms with Crippen LogP contribution in [0.3, 0.4) is 0 Å². The first-order valence-electron chi connectivity index (χ1n) is 9.73. The van der Waals surface area contributed by atoms with Gasteiger partial charge in [0.1, 0.15) is 22.5 Å². The fraction of sp³-hybridized carbons (Fsp3) is 0.286. The number of carbonyl (C=O) groups excluding carboxylic acids is 3. The third-order valence-electron chi connectivity index (χ3n) is 4.60. The Kier molecular flexibility index (Phi) is 8.06. The largest absolute Gasteiger partial charge is 0.482 e. The van der Waals surface area contributed by atoms with Gasteiger partial charge in [-0.05, 0) is 48.8 Å². The molecule has 0 unspecified atom stereocenters. The zero-order valence-corrected chi connectivity index (χ0v) is 19.1. The number of fused-ring (bicyclic) bond motifs is 1. The number of ketones is 1. The molecule has 0 saturated heterocycles. The average molecular weight is 497 g/mol. The van der Waals surface area contributed by atoms with E-state index >= 15 is 0 Å². The number of amides is 1. The van der Waals surface area contributed by atoms with E-state index < -0.39 is 45.1 Å². The topological polar surface area (TPSA) is 128 Å². The van der Waals surface area contributed by atoms with Crippen LogP contribution in [0.15, 0.2) is 47.4 Å². The van der Waals surface area contributed by atoms with Gasteiger partial charge in [-0.25, -0.2) is 12.8 Å². The third-order valence-corrected chi connectivity index (χ3v) is 6.75. The molecule has 0 bridgehead atoms. The maximum atomic E-state index is 14.0. The van der Waals surface area contributed by atoms with Crippen molar-refractivity contribution in [1.29, 1.82) is 0 Å². The molecule has 0 aromatic heterocycles. The van der Waals surface area contributed by atoms with Crippen LogP contribution in [0.5, 0.6) is 5.75 Å². The van der Waals surface area contributed by atoms with Crippen molar-refractivity contribution in [3.05, 3.63) is 53.8 Å². The first-order chi connectivity index (χ1) is 15.7. The highest BCUT2D eigenvalue weighted by atomic mass is 32.2. The molecule has 12 heteroatoms. The summed E-state index contributed by atoms with van der Waals surface area (Å²) in [5, 5.41) is 2.57. The Bertz CT molecular complexity index is 1170. The minimum atomic E-state index is -4.35. The van der Waals surface area contributed by atoms with Gasteiger partial charge in [-0.2, -0.15) is 16.5 Å². The fourth-order valence-corrected chi connectivity index (χ4v) is 4.72. The number of thioether (sulfide) groups is 1. The zero-order valence-electron chi connectivity index (χ0n) is 17.5. The van der Waals surface area contributed by atoms with E-state index in [4.69, 9.17) is 9.47 Å². The summed E-state index contributed by atoms with van der Waals surface area (Å²) in [7, 11) is -4.35. The Morgan fingerprint density at radius 1 is 1.27 bits per heavy atom. The summed E-state index contributed by atoms with van der Waals surface area (Å²) in [6.45, 7) is -0.776. The molecule has 0 radical (unpaired) electrons. The van der Waals surface area contributed by atoms with Crippen LogP contribution in [0.2, 0.25) is 0 Å². The van der Waals surface area contributed by atoms with E-state index in [1.54, 1.807) is 6.26 Å². The Labute approximate surface area is 194 Å². The molecular formula is C21H21FN2O7S2. The van der Waals surface area contributed by atoms with E-state index in [1.807, 2.05) is 0 Å². The number of esters is 1. The molecule has 33 heavy (non-hydrogen) atoms. The van der Waals surface area contributed by atoms with Gasteiger partial charge < -0.3 is 14.8 Å². The molecule has 0 aliphatic carbocycles.